The summed E-state index contributed by atoms with van der Waals surface area (Å²) in [6, 6.07) is -0.316. The van der Waals surface area contributed by atoms with Crippen molar-refractivity contribution in [2.75, 3.05) is 27.8 Å². The molecule has 1 aliphatic rings. The lowest BCUT2D eigenvalue weighted by atomic mass is 10.1. The summed E-state index contributed by atoms with van der Waals surface area (Å²) in [5, 5.41) is 0. The second-order valence-electron chi connectivity index (χ2n) is 3.43. The highest BCUT2D eigenvalue weighted by Gasteiger charge is 2.39. The number of ether oxygens (including phenoxy) is 2. The van der Waals surface area contributed by atoms with Crippen LogP contribution in [0.15, 0.2) is 0 Å². The molecular formula is C9H15NO4. The predicted molar refractivity (Wildman–Crippen MR) is 48.6 cm³/mol. The molecule has 0 N–H and O–H groups in total. The van der Waals surface area contributed by atoms with Crippen LogP contribution >= 0.6 is 0 Å². The monoisotopic (exact) mass is 201 g/mol. The fourth-order valence-corrected chi connectivity index (χ4v) is 1.75. The summed E-state index contributed by atoms with van der Waals surface area (Å²) in [6.45, 7) is 0.548. The molecule has 14 heavy (non-hydrogen) atoms. The standard InChI is InChI=1S/C9H15NO4/c1-10-5-6(8(11)13-2)4-7(10)9(12)14-3/h6-7H,4-5H2,1-3H3/t6-,7-/m0/s1. The fraction of sp³-hybridized carbons (Fsp3) is 0.778. The highest BCUT2D eigenvalue weighted by atomic mass is 16.5. The largest absolute Gasteiger partial charge is 0.469 e. The predicted octanol–water partition coefficient (Wildman–Crippen LogP) is -0.347. The Morgan fingerprint density at radius 3 is 2.29 bits per heavy atom. The van der Waals surface area contributed by atoms with E-state index in [4.69, 9.17) is 0 Å². The van der Waals surface area contributed by atoms with E-state index in [1.165, 1.54) is 14.2 Å². The van der Waals surface area contributed by atoms with E-state index < -0.39 is 0 Å². The molecule has 1 saturated heterocycles. The van der Waals surface area contributed by atoms with Crippen LogP contribution < -0.4 is 0 Å². The van der Waals surface area contributed by atoms with Crippen molar-refractivity contribution in [2.45, 2.75) is 12.5 Å². The van der Waals surface area contributed by atoms with Crippen LogP contribution in [0.4, 0.5) is 0 Å². The van der Waals surface area contributed by atoms with E-state index in [2.05, 4.69) is 9.47 Å². The van der Waals surface area contributed by atoms with Gasteiger partial charge in [-0.3, -0.25) is 14.5 Å². The van der Waals surface area contributed by atoms with Gasteiger partial charge in [-0.2, -0.15) is 0 Å². The zero-order chi connectivity index (χ0) is 10.7. The van der Waals surface area contributed by atoms with Gasteiger partial charge in [0.2, 0.25) is 0 Å². The SMILES string of the molecule is COC(=O)[C@H]1C[C@@H](C(=O)OC)N(C)C1. The molecule has 5 heteroatoms. The number of likely N-dealkylation sites (tertiary alicyclic amines) is 1. The number of hydrogen-bond acceptors (Lipinski definition) is 5. The Balaban J connectivity index is 2.59. The minimum atomic E-state index is -0.316. The Morgan fingerprint density at radius 2 is 1.79 bits per heavy atom. The van der Waals surface area contributed by atoms with Gasteiger partial charge in [0, 0.05) is 6.54 Å². The third-order valence-electron chi connectivity index (χ3n) is 2.56. The van der Waals surface area contributed by atoms with Crippen molar-refractivity contribution in [3.8, 4) is 0 Å². The molecule has 2 atom stereocenters. The number of carbonyl (C=O) groups is 2. The lowest BCUT2D eigenvalue weighted by Gasteiger charge is -2.15. The van der Waals surface area contributed by atoms with Gasteiger partial charge < -0.3 is 9.47 Å². The number of carbonyl (C=O) groups excluding carboxylic acids is 2. The first-order valence-corrected chi connectivity index (χ1v) is 4.46. The van der Waals surface area contributed by atoms with Crippen molar-refractivity contribution in [3.05, 3.63) is 0 Å². The molecule has 80 valence electrons. The molecule has 1 heterocycles. The third-order valence-corrected chi connectivity index (χ3v) is 2.56. The first-order chi connectivity index (χ1) is 6.60. The van der Waals surface area contributed by atoms with Crippen LogP contribution in [0.25, 0.3) is 0 Å². The minimum absolute atomic E-state index is 0.214. The number of likely N-dealkylation sites (N-methyl/N-ethyl adjacent to an activating group) is 1. The van der Waals surface area contributed by atoms with E-state index in [0.29, 0.717) is 13.0 Å². The van der Waals surface area contributed by atoms with Crippen LogP contribution in [0.2, 0.25) is 0 Å². The normalized spacial score (nSPS) is 27.4. The molecule has 0 aromatic carbocycles. The summed E-state index contributed by atoms with van der Waals surface area (Å²) in [7, 11) is 4.50. The Bertz CT molecular complexity index is 241. The molecule has 0 bridgehead atoms. The smallest absolute Gasteiger partial charge is 0.323 e. The molecule has 0 aromatic rings. The van der Waals surface area contributed by atoms with Crippen molar-refractivity contribution in [1.29, 1.82) is 0 Å². The Kier molecular flexibility index (Phi) is 3.46. The second-order valence-corrected chi connectivity index (χ2v) is 3.43. The highest BCUT2D eigenvalue weighted by molar-refractivity contribution is 5.79. The Morgan fingerprint density at radius 1 is 1.21 bits per heavy atom. The van der Waals surface area contributed by atoms with Crippen molar-refractivity contribution >= 4 is 11.9 Å². The molecule has 0 spiro atoms. The number of hydrogen-bond donors (Lipinski definition) is 0. The number of nitrogens with zero attached hydrogens (tertiary/aromatic N) is 1. The minimum Gasteiger partial charge on any atom is -0.469 e. The van der Waals surface area contributed by atoms with E-state index >= 15 is 0 Å². The van der Waals surface area contributed by atoms with Crippen LogP contribution in [0, 0.1) is 5.92 Å². The van der Waals surface area contributed by atoms with Crippen molar-refractivity contribution in [3.63, 3.8) is 0 Å². The van der Waals surface area contributed by atoms with Gasteiger partial charge in [0.05, 0.1) is 20.1 Å². The van der Waals surface area contributed by atoms with Crippen molar-refractivity contribution < 1.29 is 19.1 Å². The molecule has 0 unspecified atom stereocenters. The summed E-state index contributed by atoms with van der Waals surface area (Å²) in [6.07, 6.45) is 0.482. The lowest BCUT2D eigenvalue weighted by Crippen LogP contribution is -2.33. The van der Waals surface area contributed by atoms with Gasteiger partial charge in [-0.15, -0.1) is 0 Å². The number of rotatable bonds is 2. The first-order valence-electron chi connectivity index (χ1n) is 4.46. The number of esters is 2. The van der Waals surface area contributed by atoms with Gasteiger partial charge in [-0.1, -0.05) is 0 Å². The molecule has 0 radical (unpaired) electrons. The fourth-order valence-electron chi connectivity index (χ4n) is 1.75. The first kappa shape index (κ1) is 11.0. The molecule has 5 nitrogen and oxygen atoms in total. The quantitative estimate of drug-likeness (QED) is 0.572. The average molecular weight is 201 g/mol. The van der Waals surface area contributed by atoms with Crippen molar-refractivity contribution in [1.82, 2.24) is 4.90 Å². The van der Waals surface area contributed by atoms with Crippen molar-refractivity contribution in [2.24, 2.45) is 5.92 Å². The zero-order valence-electron chi connectivity index (χ0n) is 8.65. The molecule has 1 rings (SSSR count). The van der Waals surface area contributed by atoms with Gasteiger partial charge >= 0.3 is 11.9 Å². The maximum Gasteiger partial charge on any atom is 0.323 e. The van der Waals surface area contributed by atoms with Gasteiger partial charge in [0.15, 0.2) is 0 Å². The van der Waals surface area contributed by atoms with Crippen LogP contribution in [-0.4, -0.2) is 50.7 Å². The van der Waals surface area contributed by atoms with Gasteiger partial charge in [0.1, 0.15) is 6.04 Å². The van der Waals surface area contributed by atoms with Crippen LogP contribution in [0.5, 0.6) is 0 Å². The van der Waals surface area contributed by atoms with E-state index in [0.717, 1.165) is 0 Å². The van der Waals surface area contributed by atoms with Crippen LogP contribution in [-0.2, 0) is 19.1 Å². The summed E-state index contributed by atoms with van der Waals surface area (Å²) in [5.41, 5.74) is 0. The molecule has 0 amide bonds. The molecule has 1 aliphatic heterocycles. The average Bonchev–Trinajstić information content (AvgIpc) is 2.58. The summed E-state index contributed by atoms with van der Waals surface area (Å²) in [5.74, 6) is -0.767. The lowest BCUT2D eigenvalue weighted by molar-refractivity contribution is -0.145. The summed E-state index contributed by atoms with van der Waals surface area (Å²) in [4.78, 5) is 24.3. The van der Waals surface area contributed by atoms with E-state index in [9.17, 15) is 9.59 Å². The zero-order valence-corrected chi connectivity index (χ0v) is 8.65. The van der Waals surface area contributed by atoms with Crippen LogP contribution in [0.3, 0.4) is 0 Å². The molecular weight excluding hydrogens is 186 g/mol. The maximum absolute atomic E-state index is 11.3. The van der Waals surface area contributed by atoms with E-state index in [-0.39, 0.29) is 23.9 Å². The highest BCUT2D eigenvalue weighted by Crippen LogP contribution is 2.23. The molecule has 0 aromatic heterocycles. The second kappa shape index (κ2) is 4.41. The number of methoxy groups -OCH3 is 2. The topological polar surface area (TPSA) is 55.8 Å². The molecule has 0 saturated carbocycles. The van der Waals surface area contributed by atoms with E-state index in [1.807, 2.05) is 4.90 Å². The maximum atomic E-state index is 11.3. The van der Waals surface area contributed by atoms with Gasteiger partial charge in [0.25, 0.3) is 0 Å². The molecule has 1 fully saturated rings. The summed E-state index contributed by atoms with van der Waals surface area (Å²) >= 11 is 0. The Labute approximate surface area is 83.0 Å². The van der Waals surface area contributed by atoms with Gasteiger partial charge in [-0.05, 0) is 13.5 Å². The molecule has 0 aliphatic carbocycles. The van der Waals surface area contributed by atoms with Crippen LogP contribution in [0.1, 0.15) is 6.42 Å². The Hall–Kier alpha value is -1.10. The van der Waals surface area contributed by atoms with E-state index in [1.54, 1.807) is 7.05 Å². The summed E-state index contributed by atoms with van der Waals surface area (Å²) < 4.78 is 9.26. The third kappa shape index (κ3) is 2.04. The van der Waals surface area contributed by atoms with Gasteiger partial charge in [-0.25, -0.2) is 0 Å².